The zero-order chi connectivity index (χ0) is 9.26. The average Bonchev–Trinajstić information content (AvgIpc) is 2.57. The summed E-state index contributed by atoms with van der Waals surface area (Å²) in [6.07, 6.45) is 3.70. The number of rotatable bonds is 3. The summed E-state index contributed by atoms with van der Waals surface area (Å²) in [6.45, 7) is 2.21. The molecule has 0 radical (unpaired) electrons. The van der Waals surface area contributed by atoms with Gasteiger partial charge in [-0.1, -0.05) is 24.7 Å². The molecule has 2 rings (SSSR count). The molecule has 0 spiro atoms. The van der Waals surface area contributed by atoms with Crippen LogP contribution in [0.15, 0.2) is 6.07 Å². The number of fused-ring (bicyclic) bond motifs is 1. The van der Waals surface area contributed by atoms with Crippen LogP contribution in [0.5, 0.6) is 0 Å². The number of hydrogen-bond acceptors (Lipinski definition) is 4. The van der Waals surface area contributed by atoms with Gasteiger partial charge in [0.2, 0.25) is 0 Å². The molecular weight excluding hydrogens is 200 g/mol. The first-order valence-electron chi connectivity index (χ1n) is 4.44. The van der Waals surface area contributed by atoms with E-state index in [1.165, 1.54) is 28.8 Å². The molecule has 2 heterocycles. The molecular formula is C9H12N2S2. The molecule has 0 aliphatic heterocycles. The highest BCUT2D eigenvalue weighted by atomic mass is 32.1. The lowest BCUT2D eigenvalue weighted by atomic mass is 10.2. The van der Waals surface area contributed by atoms with E-state index in [1.54, 1.807) is 22.7 Å². The zero-order valence-electron chi connectivity index (χ0n) is 7.54. The van der Waals surface area contributed by atoms with Gasteiger partial charge in [-0.25, -0.2) is 4.98 Å². The van der Waals surface area contributed by atoms with Gasteiger partial charge < -0.3 is 5.73 Å². The number of nitrogens with zero attached hydrogens (tertiary/aromatic N) is 1. The Hall–Kier alpha value is -0.610. The predicted octanol–water partition coefficient (Wildman–Crippen LogP) is 3.28. The van der Waals surface area contributed by atoms with Crippen LogP contribution in [0.4, 0.5) is 5.13 Å². The largest absolute Gasteiger partial charge is 0.375 e. The fourth-order valence-electron chi connectivity index (χ4n) is 1.27. The summed E-state index contributed by atoms with van der Waals surface area (Å²) in [6, 6.07) is 2.23. The van der Waals surface area contributed by atoms with Crippen molar-refractivity contribution in [1.29, 1.82) is 0 Å². The molecule has 2 nitrogen and oxygen atoms in total. The van der Waals surface area contributed by atoms with Crippen molar-refractivity contribution < 1.29 is 0 Å². The summed E-state index contributed by atoms with van der Waals surface area (Å²) in [4.78, 5) is 6.80. The van der Waals surface area contributed by atoms with Gasteiger partial charge in [-0.2, -0.15) is 0 Å². The molecule has 13 heavy (non-hydrogen) atoms. The topological polar surface area (TPSA) is 38.9 Å². The van der Waals surface area contributed by atoms with Crippen molar-refractivity contribution in [3.8, 4) is 0 Å². The van der Waals surface area contributed by atoms with Crippen LogP contribution in [-0.4, -0.2) is 4.98 Å². The van der Waals surface area contributed by atoms with Crippen LogP contribution >= 0.6 is 22.7 Å². The first-order valence-corrected chi connectivity index (χ1v) is 6.07. The number of unbranched alkanes of at least 4 members (excludes halogenated alkanes) is 1. The number of anilines is 1. The number of thiazole rings is 1. The molecule has 0 fully saturated rings. The van der Waals surface area contributed by atoms with Crippen molar-refractivity contribution in [3.05, 3.63) is 10.9 Å². The predicted molar refractivity (Wildman–Crippen MR) is 60.5 cm³/mol. The second kappa shape index (κ2) is 3.64. The third-order valence-electron chi connectivity index (χ3n) is 1.93. The fourth-order valence-corrected chi connectivity index (χ4v) is 3.33. The molecule has 0 atom stereocenters. The van der Waals surface area contributed by atoms with Gasteiger partial charge >= 0.3 is 0 Å². The number of thiophene rings is 1. The lowest BCUT2D eigenvalue weighted by Gasteiger charge is -1.91. The average molecular weight is 212 g/mol. The Balaban J connectivity index is 2.24. The Bertz CT molecular complexity index is 371. The lowest BCUT2D eigenvalue weighted by molar-refractivity contribution is 0.804. The molecule has 0 aliphatic carbocycles. The minimum absolute atomic E-state index is 0.684. The summed E-state index contributed by atoms with van der Waals surface area (Å²) >= 11 is 3.36. The molecule has 2 aromatic heterocycles. The van der Waals surface area contributed by atoms with Crippen molar-refractivity contribution in [2.24, 2.45) is 0 Å². The maximum absolute atomic E-state index is 5.60. The third kappa shape index (κ3) is 1.84. The van der Waals surface area contributed by atoms with E-state index in [1.807, 2.05) is 0 Å². The zero-order valence-corrected chi connectivity index (χ0v) is 9.17. The normalized spacial score (nSPS) is 11.2. The van der Waals surface area contributed by atoms with Crippen molar-refractivity contribution in [3.63, 3.8) is 0 Å². The van der Waals surface area contributed by atoms with Crippen molar-refractivity contribution in [2.75, 3.05) is 5.73 Å². The molecule has 2 aromatic rings. The van der Waals surface area contributed by atoms with Crippen LogP contribution in [0.3, 0.4) is 0 Å². The van der Waals surface area contributed by atoms with E-state index < -0.39 is 0 Å². The molecule has 0 bridgehead atoms. The van der Waals surface area contributed by atoms with Crippen molar-refractivity contribution >= 4 is 37.3 Å². The van der Waals surface area contributed by atoms with Gasteiger partial charge in [0, 0.05) is 4.88 Å². The van der Waals surface area contributed by atoms with Gasteiger partial charge in [0.1, 0.15) is 4.83 Å². The summed E-state index contributed by atoms with van der Waals surface area (Å²) in [7, 11) is 0. The van der Waals surface area contributed by atoms with E-state index in [-0.39, 0.29) is 0 Å². The maximum atomic E-state index is 5.60. The Morgan fingerprint density at radius 2 is 2.31 bits per heavy atom. The number of aryl methyl sites for hydroxylation is 1. The molecule has 0 amide bonds. The van der Waals surface area contributed by atoms with E-state index >= 15 is 0 Å². The van der Waals surface area contributed by atoms with Crippen LogP contribution in [0, 0.1) is 0 Å². The molecule has 0 saturated heterocycles. The fraction of sp³-hybridized carbons (Fsp3) is 0.444. The van der Waals surface area contributed by atoms with Gasteiger partial charge in [-0.05, 0) is 18.9 Å². The Morgan fingerprint density at radius 3 is 3.00 bits per heavy atom. The Morgan fingerprint density at radius 1 is 1.46 bits per heavy atom. The van der Waals surface area contributed by atoms with E-state index in [4.69, 9.17) is 5.73 Å². The molecule has 0 saturated carbocycles. The van der Waals surface area contributed by atoms with E-state index in [2.05, 4.69) is 18.0 Å². The molecule has 2 N–H and O–H groups in total. The number of hydrogen-bond donors (Lipinski definition) is 1. The lowest BCUT2D eigenvalue weighted by Crippen LogP contribution is -1.79. The summed E-state index contributed by atoms with van der Waals surface area (Å²) < 4.78 is 1.24. The first kappa shape index (κ1) is 8.97. The highest BCUT2D eigenvalue weighted by molar-refractivity contribution is 7.28. The van der Waals surface area contributed by atoms with Crippen molar-refractivity contribution in [1.82, 2.24) is 4.98 Å². The third-order valence-corrected chi connectivity index (χ3v) is 3.98. The van der Waals surface area contributed by atoms with Crippen LogP contribution in [-0.2, 0) is 6.42 Å². The van der Waals surface area contributed by atoms with E-state index in [0.717, 1.165) is 4.83 Å². The summed E-state index contributed by atoms with van der Waals surface area (Å²) in [5.41, 5.74) is 5.60. The minimum Gasteiger partial charge on any atom is -0.375 e. The maximum Gasteiger partial charge on any atom is 0.181 e. The summed E-state index contributed by atoms with van der Waals surface area (Å²) in [5.74, 6) is 0. The van der Waals surface area contributed by atoms with Crippen molar-refractivity contribution in [2.45, 2.75) is 26.2 Å². The monoisotopic (exact) mass is 212 g/mol. The van der Waals surface area contributed by atoms with Gasteiger partial charge in [0.15, 0.2) is 5.13 Å². The standard InChI is InChI=1S/C9H12N2S2/c1-2-3-4-6-5-7-8(12-6)11-9(10)13-7/h5H,2-4H2,1H3,(H2,10,11). The smallest absolute Gasteiger partial charge is 0.181 e. The van der Waals surface area contributed by atoms with Crippen LogP contribution in [0.2, 0.25) is 0 Å². The number of aromatic nitrogens is 1. The summed E-state index contributed by atoms with van der Waals surface area (Å²) in [5, 5.41) is 0.684. The number of nitrogen functional groups attached to an aromatic ring is 1. The highest BCUT2D eigenvalue weighted by Crippen LogP contribution is 2.31. The van der Waals surface area contributed by atoms with Gasteiger partial charge in [0.25, 0.3) is 0 Å². The highest BCUT2D eigenvalue weighted by Gasteiger charge is 2.05. The van der Waals surface area contributed by atoms with Gasteiger partial charge in [-0.3, -0.25) is 0 Å². The van der Waals surface area contributed by atoms with Crippen LogP contribution < -0.4 is 5.73 Å². The van der Waals surface area contributed by atoms with E-state index in [9.17, 15) is 0 Å². The molecule has 70 valence electrons. The molecule has 4 heteroatoms. The van der Waals surface area contributed by atoms with E-state index in [0.29, 0.717) is 5.13 Å². The van der Waals surface area contributed by atoms with Gasteiger partial charge in [-0.15, -0.1) is 11.3 Å². The minimum atomic E-state index is 0.684. The second-order valence-electron chi connectivity index (χ2n) is 3.04. The molecule has 0 aromatic carbocycles. The first-order chi connectivity index (χ1) is 6.29. The van der Waals surface area contributed by atoms with Crippen LogP contribution in [0.25, 0.3) is 9.53 Å². The molecule has 0 aliphatic rings. The SMILES string of the molecule is CCCCc1cc2sc(N)nc2s1. The molecule has 0 unspecified atom stereocenters. The second-order valence-corrected chi connectivity index (χ2v) is 5.22. The quantitative estimate of drug-likeness (QED) is 0.848. The van der Waals surface area contributed by atoms with Gasteiger partial charge in [0.05, 0.1) is 4.70 Å². The van der Waals surface area contributed by atoms with Crippen LogP contribution in [0.1, 0.15) is 24.6 Å². The number of nitrogens with two attached hydrogens (primary N) is 1. The Kier molecular flexibility index (Phi) is 2.51. The Labute approximate surface area is 85.4 Å².